The topological polar surface area (TPSA) is 86.5 Å². The van der Waals surface area contributed by atoms with Crippen LogP contribution in [-0.2, 0) is 21.2 Å². The Morgan fingerprint density at radius 1 is 1.39 bits per heavy atom. The van der Waals surface area contributed by atoms with E-state index in [1.165, 1.54) is 7.11 Å². The van der Waals surface area contributed by atoms with E-state index in [-0.39, 0.29) is 22.9 Å². The Hall–Kier alpha value is -1.56. The van der Waals surface area contributed by atoms with Crippen molar-refractivity contribution < 1.29 is 17.9 Å². The zero-order valence-corrected chi connectivity index (χ0v) is 11.5. The number of nitrogens with two attached hydrogens (primary N) is 1. The van der Waals surface area contributed by atoms with Gasteiger partial charge in [0.25, 0.3) is 0 Å². The molecular weight excluding hydrogens is 254 g/mol. The van der Waals surface area contributed by atoms with Crippen molar-refractivity contribution in [2.24, 2.45) is 0 Å². The van der Waals surface area contributed by atoms with Crippen molar-refractivity contribution in [3.8, 4) is 0 Å². The molecule has 5 nitrogen and oxygen atoms in total. The average molecular weight is 271 g/mol. The van der Waals surface area contributed by atoms with E-state index >= 15 is 0 Å². The molecule has 18 heavy (non-hydrogen) atoms. The van der Waals surface area contributed by atoms with Gasteiger partial charge in [-0.3, -0.25) is 0 Å². The van der Waals surface area contributed by atoms with Crippen molar-refractivity contribution in [2.45, 2.75) is 25.5 Å². The first-order chi connectivity index (χ1) is 8.38. The van der Waals surface area contributed by atoms with Crippen LogP contribution in [-0.4, -0.2) is 21.5 Å². The molecule has 0 aromatic heterocycles. The molecule has 0 fully saturated rings. The van der Waals surface area contributed by atoms with Crippen molar-refractivity contribution in [1.82, 2.24) is 0 Å². The molecule has 0 unspecified atom stereocenters. The Kier molecular flexibility index (Phi) is 4.72. The third kappa shape index (κ3) is 3.01. The van der Waals surface area contributed by atoms with Crippen molar-refractivity contribution in [3.05, 3.63) is 28.8 Å². The van der Waals surface area contributed by atoms with Crippen LogP contribution in [0.2, 0.25) is 0 Å². The first-order valence-corrected chi connectivity index (χ1v) is 6.86. The van der Waals surface area contributed by atoms with Crippen molar-refractivity contribution in [2.75, 3.05) is 12.8 Å². The van der Waals surface area contributed by atoms with E-state index in [9.17, 15) is 13.2 Å². The monoisotopic (exact) mass is 271 g/mol. The Labute approximate surface area is 108 Å². The Morgan fingerprint density at radius 3 is 2.44 bits per heavy atom. The normalized spacial score (nSPS) is 10.9. The second-order valence-electron chi connectivity index (χ2n) is 4.23. The van der Waals surface area contributed by atoms with Gasteiger partial charge in [0, 0.05) is 0 Å². The molecule has 0 spiro atoms. The van der Waals surface area contributed by atoms with Gasteiger partial charge in [-0.1, -0.05) is 19.9 Å². The van der Waals surface area contributed by atoms with Crippen LogP contribution in [0.4, 0.5) is 5.69 Å². The lowest BCUT2D eigenvalue weighted by Crippen LogP contribution is -2.11. The molecule has 100 valence electrons. The first kappa shape index (κ1) is 14.5. The summed E-state index contributed by atoms with van der Waals surface area (Å²) in [6.45, 7) is 3.88. The fourth-order valence-corrected chi connectivity index (χ4v) is 2.43. The summed E-state index contributed by atoms with van der Waals surface area (Å²) >= 11 is 0. The molecule has 0 radical (unpaired) electrons. The van der Waals surface area contributed by atoms with Gasteiger partial charge in [-0.15, -0.1) is 0 Å². The van der Waals surface area contributed by atoms with Crippen molar-refractivity contribution >= 4 is 22.4 Å². The fraction of sp³-hybridized carbons (Fsp3) is 0.417. The number of hydrogen-bond donors (Lipinski definition) is 2. The molecule has 1 aromatic carbocycles. The predicted octanol–water partition coefficient (Wildman–Crippen LogP) is 1.29. The lowest BCUT2D eigenvalue weighted by molar-refractivity contribution is 0.0602. The maximum absolute atomic E-state index is 11.5. The van der Waals surface area contributed by atoms with Crippen LogP contribution >= 0.6 is 0 Å². The summed E-state index contributed by atoms with van der Waals surface area (Å²) in [6.07, 6.45) is 0. The maximum atomic E-state index is 11.5. The molecule has 1 aromatic rings. The highest BCUT2D eigenvalue weighted by Gasteiger charge is 2.18. The lowest BCUT2D eigenvalue weighted by Gasteiger charge is -2.15. The third-order valence-electron chi connectivity index (χ3n) is 2.71. The van der Waals surface area contributed by atoms with E-state index in [1.807, 2.05) is 13.8 Å². The van der Waals surface area contributed by atoms with Gasteiger partial charge in [0.15, 0.2) is 0 Å². The molecule has 6 heteroatoms. The molecule has 0 amide bonds. The summed E-state index contributed by atoms with van der Waals surface area (Å²) in [7, 11) is -1.35. The lowest BCUT2D eigenvalue weighted by atomic mass is 9.94. The van der Waals surface area contributed by atoms with Crippen LogP contribution in [0.5, 0.6) is 0 Å². The highest BCUT2D eigenvalue weighted by Crippen LogP contribution is 2.28. The Morgan fingerprint density at radius 2 is 2.00 bits per heavy atom. The molecule has 0 bridgehead atoms. The number of rotatable bonds is 4. The number of benzene rings is 1. The molecule has 0 atom stereocenters. The van der Waals surface area contributed by atoms with Crippen LogP contribution in [0.3, 0.4) is 0 Å². The molecule has 2 N–H and O–H groups in total. The van der Waals surface area contributed by atoms with Crippen molar-refractivity contribution in [1.29, 1.82) is 0 Å². The van der Waals surface area contributed by atoms with Gasteiger partial charge in [0.2, 0.25) is 0 Å². The Bertz CT molecular complexity index is 527. The van der Waals surface area contributed by atoms with Crippen molar-refractivity contribution in [3.63, 3.8) is 0 Å². The summed E-state index contributed by atoms with van der Waals surface area (Å²) in [6, 6.07) is 3.29. The number of anilines is 1. The fourth-order valence-electron chi connectivity index (χ4n) is 1.82. The number of carbonyl (C=O) groups is 1. The summed E-state index contributed by atoms with van der Waals surface area (Å²) in [5, 5.41) is 0. The second kappa shape index (κ2) is 5.86. The maximum Gasteiger partial charge on any atom is 0.339 e. The number of hydrogen-bond acceptors (Lipinski definition) is 5. The standard InChI is InChI=1S/C12H17NO4S/c1-7(2)8-4-5-9(12(14)17-3)11(13)10(8)6-18(15)16/h4-5,7,18H,6,13H2,1-3H3. The van der Waals surface area contributed by atoms with Gasteiger partial charge in [0.1, 0.15) is 10.7 Å². The molecule has 0 saturated carbocycles. The summed E-state index contributed by atoms with van der Waals surface area (Å²) in [5.41, 5.74) is 7.59. The number of methoxy groups -OCH3 is 1. The van der Waals surface area contributed by atoms with Gasteiger partial charge < -0.3 is 10.5 Å². The number of nitrogen functional groups attached to an aromatic ring is 1. The molecule has 0 aliphatic rings. The van der Waals surface area contributed by atoms with E-state index in [4.69, 9.17) is 5.73 Å². The zero-order valence-electron chi connectivity index (χ0n) is 10.6. The van der Waals surface area contributed by atoms with Crippen LogP contribution in [0.1, 0.15) is 41.3 Å². The summed E-state index contributed by atoms with van der Waals surface area (Å²) in [4.78, 5) is 11.5. The summed E-state index contributed by atoms with van der Waals surface area (Å²) in [5.74, 6) is -0.603. The quantitative estimate of drug-likeness (QED) is 0.489. The largest absolute Gasteiger partial charge is 0.465 e. The molecular formula is C12H17NO4S. The van der Waals surface area contributed by atoms with Gasteiger partial charge >= 0.3 is 5.97 Å². The molecule has 1 rings (SSSR count). The SMILES string of the molecule is COC(=O)c1ccc(C(C)C)c(C[SH](=O)=O)c1N. The number of esters is 1. The molecule has 0 aliphatic carbocycles. The van der Waals surface area contributed by atoms with Crippen LogP contribution in [0, 0.1) is 0 Å². The highest BCUT2D eigenvalue weighted by atomic mass is 32.2. The third-order valence-corrected chi connectivity index (χ3v) is 3.28. The number of ether oxygens (including phenoxy) is 1. The molecule has 0 heterocycles. The van der Waals surface area contributed by atoms with E-state index in [1.54, 1.807) is 12.1 Å². The average Bonchev–Trinajstić information content (AvgIpc) is 2.29. The minimum absolute atomic E-state index is 0.129. The van der Waals surface area contributed by atoms with E-state index < -0.39 is 16.7 Å². The van der Waals surface area contributed by atoms with E-state index in [0.717, 1.165) is 5.56 Å². The first-order valence-electron chi connectivity index (χ1n) is 5.49. The Balaban J connectivity index is 3.43. The van der Waals surface area contributed by atoms with E-state index in [2.05, 4.69) is 4.74 Å². The number of thiol groups is 1. The highest BCUT2D eigenvalue weighted by molar-refractivity contribution is 7.71. The van der Waals surface area contributed by atoms with Gasteiger partial charge in [0.05, 0.1) is 24.1 Å². The minimum Gasteiger partial charge on any atom is -0.465 e. The molecule has 0 aliphatic heterocycles. The van der Waals surface area contributed by atoms with E-state index in [0.29, 0.717) is 5.56 Å². The predicted molar refractivity (Wildman–Crippen MR) is 70.3 cm³/mol. The van der Waals surface area contributed by atoms with Crippen LogP contribution < -0.4 is 5.73 Å². The van der Waals surface area contributed by atoms with Gasteiger partial charge in [-0.2, -0.15) is 0 Å². The smallest absolute Gasteiger partial charge is 0.339 e. The van der Waals surface area contributed by atoms with Gasteiger partial charge in [-0.05, 0) is 23.1 Å². The minimum atomic E-state index is -2.60. The molecule has 0 saturated heterocycles. The zero-order chi connectivity index (χ0) is 13.9. The van der Waals surface area contributed by atoms with Crippen LogP contribution in [0.25, 0.3) is 0 Å². The van der Waals surface area contributed by atoms with Crippen LogP contribution in [0.15, 0.2) is 12.1 Å². The summed E-state index contributed by atoms with van der Waals surface area (Å²) < 4.78 is 26.4. The van der Waals surface area contributed by atoms with Gasteiger partial charge in [-0.25, -0.2) is 13.2 Å². The second-order valence-corrected chi connectivity index (χ2v) is 5.21. The number of carbonyl (C=O) groups excluding carboxylic acids is 1.